The Labute approximate surface area is 77.3 Å². The summed E-state index contributed by atoms with van der Waals surface area (Å²) >= 11 is 0. The van der Waals surface area contributed by atoms with Gasteiger partial charge in [0, 0.05) is 6.54 Å². The summed E-state index contributed by atoms with van der Waals surface area (Å²) in [6, 6.07) is -0.229. The number of carbonyl (C=O) groups excluding carboxylic acids is 2. The minimum atomic E-state index is -0.229. The van der Waals surface area contributed by atoms with Crippen molar-refractivity contribution in [2.75, 3.05) is 13.1 Å². The van der Waals surface area contributed by atoms with Crippen molar-refractivity contribution in [1.82, 2.24) is 10.2 Å². The molecule has 4 nitrogen and oxygen atoms in total. The van der Waals surface area contributed by atoms with Crippen LogP contribution in [-0.4, -0.2) is 29.9 Å². The van der Waals surface area contributed by atoms with Crippen LogP contribution in [0.2, 0.25) is 0 Å². The van der Waals surface area contributed by atoms with Crippen LogP contribution in [0.15, 0.2) is 0 Å². The van der Waals surface area contributed by atoms with Gasteiger partial charge in [-0.2, -0.15) is 0 Å². The van der Waals surface area contributed by atoms with Crippen LogP contribution in [0.3, 0.4) is 0 Å². The second-order valence-electron chi connectivity index (χ2n) is 4.62. The van der Waals surface area contributed by atoms with Crippen molar-refractivity contribution in [1.29, 1.82) is 0 Å². The molecule has 0 radical (unpaired) electrons. The minimum Gasteiger partial charge on any atom is -0.315 e. The average Bonchev–Trinajstić information content (AvgIpc) is 2.43. The van der Waals surface area contributed by atoms with E-state index in [0.717, 1.165) is 13.0 Å². The fourth-order valence-corrected chi connectivity index (χ4v) is 1.78. The van der Waals surface area contributed by atoms with Crippen molar-refractivity contribution < 1.29 is 9.59 Å². The van der Waals surface area contributed by atoms with Gasteiger partial charge >= 0.3 is 6.03 Å². The van der Waals surface area contributed by atoms with E-state index in [9.17, 15) is 9.59 Å². The summed E-state index contributed by atoms with van der Waals surface area (Å²) in [5, 5.41) is 2.28. The molecular formula is C9H14N2O2. The lowest BCUT2D eigenvalue weighted by Crippen LogP contribution is -2.30. The molecule has 2 fully saturated rings. The summed E-state index contributed by atoms with van der Waals surface area (Å²) in [4.78, 5) is 23.6. The van der Waals surface area contributed by atoms with Crippen molar-refractivity contribution in [3.05, 3.63) is 0 Å². The first-order valence-electron chi connectivity index (χ1n) is 4.58. The number of carbonyl (C=O) groups is 2. The molecule has 1 N–H and O–H groups in total. The lowest BCUT2D eigenvalue weighted by Gasteiger charge is -2.13. The van der Waals surface area contributed by atoms with Gasteiger partial charge in [0.25, 0.3) is 0 Å². The number of nitrogens with one attached hydrogen (secondary N) is 1. The van der Waals surface area contributed by atoms with Crippen LogP contribution >= 0.6 is 0 Å². The summed E-state index contributed by atoms with van der Waals surface area (Å²) in [7, 11) is 0. The fraction of sp³-hybridized carbons (Fsp3) is 0.778. The average molecular weight is 182 g/mol. The zero-order valence-corrected chi connectivity index (χ0v) is 7.96. The fourth-order valence-electron chi connectivity index (χ4n) is 1.78. The Morgan fingerprint density at radius 3 is 2.54 bits per heavy atom. The van der Waals surface area contributed by atoms with E-state index >= 15 is 0 Å². The first-order chi connectivity index (χ1) is 5.99. The maximum Gasteiger partial charge on any atom is 0.324 e. The highest BCUT2D eigenvalue weighted by Gasteiger charge is 2.47. The smallest absolute Gasteiger partial charge is 0.315 e. The van der Waals surface area contributed by atoms with Crippen molar-refractivity contribution in [3.63, 3.8) is 0 Å². The van der Waals surface area contributed by atoms with Gasteiger partial charge < -0.3 is 4.90 Å². The molecule has 0 spiro atoms. The van der Waals surface area contributed by atoms with E-state index < -0.39 is 0 Å². The zero-order valence-electron chi connectivity index (χ0n) is 7.96. The molecule has 1 saturated carbocycles. The van der Waals surface area contributed by atoms with E-state index in [1.807, 2.05) is 0 Å². The van der Waals surface area contributed by atoms with Crippen LogP contribution in [0.25, 0.3) is 0 Å². The Bertz CT molecular complexity index is 273. The van der Waals surface area contributed by atoms with Gasteiger partial charge in [0.15, 0.2) is 0 Å². The Morgan fingerprint density at radius 1 is 1.54 bits per heavy atom. The number of nitrogens with zero attached hydrogens (tertiary/aromatic N) is 1. The molecule has 1 aliphatic heterocycles. The van der Waals surface area contributed by atoms with Crippen LogP contribution in [0.5, 0.6) is 0 Å². The maximum absolute atomic E-state index is 11.2. The van der Waals surface area contributed by atoms with Crippen molar-refractivity contribution >= 4 is 11.9 Å². The summed E-state index contributed by atoms with van der Waals surface area (Å²) in [6.45, 7) is 5.34. The second-order valence-corrected chi connectivity index (χ2v) is 4.62. The van der Waals surface area contributed by atoms with Crippen LogP contribution in [0.4, 0.5) is 4.79 Å². The van der Waals surface area contributed by atoms with Crippen LogP contribution in [-0.2, 0) is 4.79 Å². The molecule has 0 bridgehead atoms. The molecule has 3 amide bonds. The summed E-state index contributed by atoms with van der Waals surface area (Å²) in [6.07, 6.45) is 1.16. The monoisotopic (exact) mass is 182 g/mol. The number of rotatable bonds is 2. The highest BCUT2D eigenvalue weighted by Crippen LogP contribution is 2.51. The molecule has 0 aromatic rings. The molecule has 1 atom stereocenters. The third-order valence-corrected chi connectivity index (χ3v) is 3.03. The molecular weight excluding hydrogens is 168 g/mol. The topological polar surface area (TPSA) is 49.4 Å². The lowest BCUT2D eigenvalue weighted by molar-refractivity contribution is -0.118. The molecule has 1 unspecified atom stereocenters. The largest absolute Gasteiger partial charge is 0.324 e. The summed E-state index contributed by atoms with van der Waals surface area (Å²) in [5.74, 6) is 0.396. The number of imide groups is 1. The third kappa shape index (κ3) is 1.53. The first-order valence-corrected chi connectivity index (χ1v) is 4.58. The van der Waals surface area contributed by atoms with Gasteiger partial charge in [0.1, 0.15) is 6.54 Å². The van der Waals surface area contributed by atoms with Gasteiger partial charge in [0.2, 0.25) is 5.91 Å². The molecule has 2 aliphatic rings. The quantitative estimate of drug-likeness (QED) is 0.635. The normalized spacial score (nSPS) is 30.6. The molecule has 0 aromatic heterocycles. The third-order valence-electron chi connectivity index (χ3n) is 3.03. The minimum absolute atomic E-state index is 0.177. The van der Waals surface area contributed by atoms with Gasteiger partial charge in [-0.05, 0) is 17.8 Å². The highest BCUT2D eigenvalue weighted by atomic mass is 16.2. The SMILES string of the molecule is CC1(C)CC1CN1CC(=O)NC1=O. The highest BCUT2D eigenvalue weighted by molar-refractivity contribution is 6.01. The first kappa shape index (κ1) is 8.53. The molecule has 2 rings (SSSR count). The van der Waals surface area contributed by atoms with Crippen LogP contribution < -0.4 is 5.32 Å². The number of hydrogen-bond donors (Lipinski definition) is 1. The van der Waals surface area contributed by atoms with E-state index in [1.165, 1.54) is 0 Å². The number of amides is 3. The zero-order chi connectivity index (χ0) is 9.64. The molecule has 0 aromatic carbocycles. The van der Waals surface area contributed by atoms with E-state index in [4.69, 9.17) is 0 Å². The summed E-state index contributed by atoms with van der Waals surface area (Å²) in [5.41, 5.74) is 0.367. The van der Waals surface area contributed by atoms with Crippen molar-refractivity contribution in [3.8, 4) is 0 Å². The van der Waals surface area contributed by atoms with E-state index in [0.29, 0.717) is 11.3 Å². The predicted molar refractivity (Wildman–Crippen MR) is 47.0 cm³/mol. The van der Waals surface area contributed by atoms with Crippen LogP contribution in [0.1, 0.15) is 20.3 Å². The van der Waals surface area contributed by atoms with Crippen molar-refractivity contribution in [2.45, 2.75) is 20.3 Å². The van der Waals surface area contributed by atoms with E-state index in [2.05, 4.69) is 19.2 Å². The van der Waals surface area contributed by atoms with Gasteiger partial charge in [-0.25, -0.2) is 4.79 Å². The molecule has 1 heterocycles. The number of urea groups is 1. The summed E-state index contributed by atoms with van der Waals surface area (Å²) < 4.78 is 0. The maximum atomic E-state index is 11.2. The van der Waals surface area contributed by atoms with Crippen molar-refractivity contribution in [2.24, 2.45) is 11.3 Å². The predicted octanol–water partition coefficient (Wildman–Crippen LogP) is 0.584. The van der Waals surface area contributed by atoms with Gasteiger partial charge in [-0.3, -0.25) is 10.1 Å². The van der Waals surface area contributed by atoms with Gasteiger partial charge in [0.05, 0.1) is 0 Å². The molecule has 1 aliphatic carbocycles. The van der Waals surface area contributed by atoms with Crippen LogP contribution in [0, 0.1) is 11.3 Å². The van der Waals surface area contributed by atoms with E-state index in [1.54, 1.807) is 4.90 Å². The second kappa shape index (κ2) is 2.47. The van der Waals surface area contributed by atoms with Gasteiger partial charge in [-0.15, -0.1) is 0 Å². The Kier molecular flexibility index (Phi) is 1.62. The molecule has 4 heteroatoms. The Hall–Kier alpha value is -1.06. The Balaban J connectivity index is 1.90. The van der Waals surface area contributed by atoms with Gasteiger partial charge in [-0.1, -0.05) is 13.8 Å². The number of hydrogen-bond acceptors (Lipinski definition) is 2. The molecule has 72 valence electrons. The Morgan fingerprint density at radius 2 is 2.15 bits per heavy atom. The standard InChI is InChI=1S/C9H14N2O2/c1-9(2)3-6(9)4-11-5-7(12)10-8(11)13/h6H,3-5H2,1-2H3,(H,10,12,13). The molecule has 13 heavy (non-hydrogen) atoms. The van der Waals surface area contributed by atoms with E-state index in [-0.39, 0.29) is 18.5 Å². The lowest BCUT2D eigenvalue weighted by atomic mass is 10.1. The molecule has 1 saturated heterocycles.